The zero-order valence-electron chi connectivity index (χ0n) is 8.99. The molecule has 0 fully saturated rings. The normalized spacial score (nSPS) is 20.8. The second-order valence-electron chi connectivity index (χ2n) is 3.81. The molecule has 0 bridgehead atoms. The highest BCUT2D eigenvalue weighted by molar-refractivity contribution is 6.79. The summed E-state index contributed by atoms with van der Waals surface area (Å²) in [6.07, 6.45) is 1.46. The van der Waals surface area contributed by atoms with Crippen molar-refractivity contribution in [2.24, 2.45) is 0 Å². The van der Waals surface area contributed by atoms with E-state index in [4.69, 9.17) is 4.12 Å². The average molecular weight is 226 g/mol. The van der Waals surface area contributed by atoms with E-state index in [9.17, 15) is 8.22 Å². The summed E-state index contributed by atoms with van der Waals surface area (Å²) in [5.41, 5.74) is 0. The minimum Gasteiger partial charge on any atom is -0.409 e. The van der Waals surface area contributed by atoms with Gasteiger partial charge in [-0.3, -0.25) is 8.22 Å². The Kier molecular flexibility index (Phi) is 5.31. The van der Waals surface area contributed by atoms with Crippen LogP contribution in [0.15, 0.2) is 0 Å². The molecule has 0 saturated heterocycles. The molecule has 13 heavy (non-hydrogen) atoms. The van der Waals surface area contributed by atoms with Crippen molar-refractivity contribution in [1.29, 1.82) is 0 Å². The quantitative estimate of drug-likeness (QED) is 0.493. The standard InChI is InChI=1S/C8H20F2OSi2/c1-5-7-12(3,9)11-13(4,10)8-6-2/h5-8H2,1-4H3. The monoisotopic (exact) mass is 226 g/mol. The van der Waals surface area contributed by atoms with Crippen molar-refractivity contribution >= 4 is 17.3 Å². The zero-order chi connectivity index (χ0) is 10.5. The summed E-state index contributed by atoms with van der Waals surface area (Å²) < 4.78 is 32.3. The maximum atomic E-state index is 13.6. The summed E-state index contributed by atoms with van der Waals surface area (Å²) >= 11 is 0. The van der Waals surface area contributed by atoms with Gasteiger partial charge in [0.2, 0.25) is 0 Å². The van der Waals surface area contributed by atoms with Gasteiger partial charge in [0, 0.05) is 0 Å². The first-order chi connectivity index (χ1) is 5.83. The van der Waals surface area contributed by atoms with Gasteiger partial charge in [-0.05, 0) is 25.2 Å². The van der Waals surface area contributed by atoms with Gasteiger partial charge in [-0.2, -0.15) is 0 Å². The smallest absolute Gasteiger partial charge is 0.372 e. The van der Waals surface area contributed by atoms with Crippen LogP contribution in [0.5, 0.6) is 0 Å². The molecule has 0 amide bonds. The molecule has 2 atom stereocenters. The van der Waals surface area contributed by atoms with E-state index in [1.165, 1.54) is 13.1 Å². The van der Waals surface area contributed by atoms with Gasteiger partial charge in [0.1, 0.15) is 0 Å². The van der Waals surface area contributed by atoms with E-state index in [1.54, 1.807) is 0 Å². The van der Waals surface area contributed by atoms with E-state index in [-0.39, 0.29) is 0 Å². The van der Waals surface area contributed by atoms with Crippen LogP contribution >= 0.6 is 0 Å². The molecule has 2 unspecified atom stereocenters. The van der Waals surface area contributed by atoms with Crippen LogP contribution in [0.2, 0.25) is 25.2 Å². The van der Waals surface area contributed by atoms with Crippen molar-refractivity contribution in [2.45, 2.75) is 51.9 Å². The van der Waals surface area contributed by atoms with E-state index >= 15 is 0 Å². The third-order valence-corrected chi connectivity index (χ3v) is 8.01. The predicted octanol–water partition coefficient (Wildman–Crippen LogP) is 3.91. The molecule has 0 rings (SSSR count). The van der Waals surface area contributed by atoms with Crippen LogP contribution in [0.3, 0.4) is 0 Å². The summed E-state index contributed by atoms with van der Waals surface area (Å²) in [6, 6.07) is 0.812. The van der Waals surface area contributed by atoms with Crippen molar-refractivity contribution in [1.82, 2.24) is 0 Å². The fourth-order valence-electron chi connectivity index (χ4n) is 1.44. The zero-order valence-corrected chi connectivity index (χ0v) is 11.0. The van der Waals surface area contributed by atoms with Gasteiger partial charge < -0.3 is 4.12 Å². The van der Waals surface area contributed by atoms with Gasteiger partial charge in [0.25, 0.3) is 0 Å². The van der Waals surface area contributed by atoms with Crippen LogP contribution in [-0.4, -0.2) is 17.3 Å². The summed E-state index contributed by atoms with van der Waals surface area (Å²) in [5, 5.41) is 0. The first kappa shape index (κ1) is 13.3. The summed E-state index contributed by atoms with van der Waals surface area (Å²) in [5.74, 6) is 0. The molecule has 0 spiro atoms. The molecule has 80 valence electrons. The van der Waals surface area contributed by atoms with Gasteiger partial charge in [0.05, 0.1) is 0 Å². The van der Waals surface area contributed by atoms with Crippen molar-refractivity contribution in [3.8, 4) is 0 Å². The fourth-order valence-corrected chi connectivity index (χ4v) is 7.59. The van der Waals surface area contributed by atoms with Crippen molar-refractivity contribution in [2.75, 3.05) is 0 Å². The van der Waals surface area contributed by atoms with Gasteiger partial charge >= 0.3 is 17.3 Å². The third-order valence-electron chi connectivity index (χ3n) is 1.82. The maximum absolute atomic E-state index is 13.6. The molecule has 5 heteroatoms. The van der Waals surface area contributed by atoms with Crippen LogP contribution in [-0.2, 0) is 4.12 Å². The largest absolute Gasteiger partial charge is 0.409 e. The molecular formula is C8H20F2OSi2. The Morgan fingerprint density at radius 1 is 0.923 bits per heavy atom. The topological polar surface area (TPSA) is 9.23 Å². The number of rotatable bonds is 6. The molecule has 0 aromatic rings. The van der Waals surface area contributed by atoms with Gasteiger partial charge in [-0.15, -0.1) is 0 Å². The van der Waals surface area contributed by atoms with Gasteiger partial charge in [-0.1, -0.05) is 26.7 Å². The van der Waals surface area contributed by atoms with E-state index in [1.807, 2.05) is 13.8 Å². The first-order valence-corrected chi connectivity index (χ1v) is 9.89. The lowest BCUT2D eigenvalue weighted by Gasteiger charge is -2.26. The highest BCUT2D eigenvalue weighted by Crippen LogP contribution is 2.25. The van der Waals surface area contributed by atoms with Gasteiger partial charge in [-0.25, -0.2) is 0 Å². The van der Waals surface area contributed by atoms with Crippen LogP contribution in [0, 0.1) is 0 Å². The summed E-state index contributed by atoms with van der Waals surface area (Å²) in [6.45, 7) is 6.70. The average Bonchev–Trinajstić information content (AvgIpc) is 1.82. The van der Waals surface area contributed by atoms with Crippen LogP contribution in [0.1, 0.15) is 26.7 Å². The fraction of sp³-hybridized carbons (Fsp3) is 1.00. The second kappa shape index (κ2) is 5.21. The Morgan fingerprint density at radius 3 is 1.46 bits per heavy atom. The maximum Gasteiger partial charge on any atom is 0.372 e. The molecule has 0 saturated carbocycles. The van der Waals surface area contributed by atoms with E-state index < -0.39 is 17.3 Å². The molecule has 0 aliphatic rings. The van der Waals surface area contributed by atoms with E-state index in [0.29, 0.717) is 12.1 Å². The van der Waals surface area contributed by atoms with E-state index in [0.717, 1.165) is 12.8 Å². The Hall–Kier alpha value is 0.254. The Balaban J connectivity index is 4.07. The lowest BCUT2D eigenvalue weighted by molar-refractivity contribution is 0.401. The first-order valence-electron chi connectivity index (χ1n) is 4.91. The van der Waals surface area contributed by atoms with Crippen LogP contribution < -0.4 is 0 Å². The Labute approximate surface area is 82.1 Å². The highest BCUT2D eigenvalue weighted by Gasteiger charge is 2.40. The second-order valence-corrected chi connectivity index (χ2v) is 10.0. The molecule has 0 aromatic carbocycles. The summed E-state index contributed by atoms with van der Waals surface area (Å²) in [7, 11) is -6.38. The number of halogens is 2. The Bertz CT molecular complexity index is 135. The highest BCUT2D eigenvalue weighted by atomic mass is 28.5. The van der Waals surface area contributed by atoms with Gasteiger partial charge in [0.15, 0.2) is 0 Å². The molecule has 0 aromatic heterocycles. The number of hydrogen-bond acceptors (Lipinski definition) is 1. The molecule has 0 radical (unpaired) electrons. The lowest BCUT2D eigenvalue weighted by Crippen LogP contribution is -2.42. The minimum absolute atomic E-state index is 0.406. The molecule has 0 aliphatic heterocycles. The predicted molar refractivity (Wildman–Crippen MR) is 56.7 cm³/mol. The molecule has 0 aliphatic carbocycles. The molecule has 0 N–H and O–H groups in total. The van der Waals surface area contributed by atoms with Crippen LogP contribution in [0.4, 0.5) is 8.22 Å². The van der Waals surface area contributed by atoms with Crippen molar-refractivity contribution in [3.05, 3.63) is 0 Å². The number of hydrogen-bond donors (Lipinski definition) is 0. The van der Waals surface area contributed by atoms with Crippen molar-refractivity contribution < 1.29 is 12.3 Å². The van der Waals surface area contributed by atoms with Crippen molar-refractivity contribution in [3.63, 3.8) is 0 Å². The molecule has 0 heterocycles. The molecular weight excluding hydrogens is 206 g/mol. The third kappa shape index (κ3) is 6.34. The lowest BCUT2D eigenvalue weighted by atomic mass is 10.6. The van der Waals surface area contributed by atoms with Crippen LogP contribution in [0.25, 0.3) is 0 Å². The van der Waals surface area contributed by atoms with E-state index in [2.05, 4.69) is 0 Å². The molecule has 1 nitrogen and oxygen atoms in total. The Morgan fingerprint density at radius 2 is 1.23 bits per heavy atom. The SMILES string of the molecule is CCC[Si](C)(F)O[Si](C)(F)CCC. The summed E-state index contributed by atoms with van der Waals surface area (Å²) in [4.78, 5) is 0. The minimum atomic E-state index is -3.19.